The number of hydrogen-bond donors (Lipinski definition) is 0. The zero-order chi connectivity index (χ0) is 27.4. The van der Waals surface area contributed by atoms with Crippen LogP contribution in [0.25, 0.3) is 81.1 Å². The van der Waals surface area contributed by atoms with E-state index < -0.39 is 0 Å². The lowest BCUT2D eigenvalue weighted by Crippen LogP contribution is -1.96. The van der Waals surface area contributed by atoms with E-state index in [4.69, 9.17) is 4.98 Å². The molecule has 0 fully saturated rings. The molecule has 0 unspecified atom stereocenters. The van der Waals surface area contributed by atoms with Crippen molar-refractivity contribution in [3.63, 3.8) is 0 Å². The highest BCUT2D eigenvalue weighted by Gasteiger charge is 2.18. The first-order valence-electron chi connectivity index (χ1n) is 14.1. The first kappa shape index (κ1) is 22.3. The number of thiophene rings is 1. The van der Waals surface area contributed by atoms with E-state index >= 15 is 0 Å². The van der Waals surface area contributed by atoms with Crippen LogP contribution in [0.15, 0.2) is 134 Å². The van der Waals surface area contributed by atoms with Gasteiger partial charge < -0.3 is 0 Å². The number of hydrogen-bond acceptors (Lipinski definition) is 2. The summed E-state index contributed by atoms with van der Waals surface area (Å²) < 4.78 is 9.54. The van der Waals surface area contributed by atoms with Gasteiger partial charge in [-0.1, -0.05) is 66.7 Å². The molecule has 5 heteroatoms. The number of fused-ring (bicyclic) bond motifs is 11. The van der Waals surface area contributed by atoms with Crippen molar-refractivity contribution in [1.29, 1.82) is 0 Å². The van der Waals surface area contributed by atoms with Crippen molar-refractivity contribution in [2.45, 2.75) is 0 Å². The van der Waals surface area contributed by atoms with Gasteiger partial charge in [-0.25, -0.2) is 4.98 Å². The second kappa shape index (κ2) is 8.09. The number of imidazole rings is 1. The van der Waals surface area contributed by atoms with Gasteiger partial charge in [0, 0.05) is 43.5 Å². The quantitative estimate of drug-likeness (QED) is 0.209. The molecule has 0 saturated heterocycles. The van der Waals surface area contributed by atoms with Crippen molar-refractivity contribution in [3.8, 4) is 11.5 Å². The highest BCUT2D eigenvalue weighted by Crippen LogP contribution is 2.39. The summed E-state index contributed by atoms with van der Waals surface area (Å²) in [6.45, 7) is 0. The standard InChI is InChI=1S/C37H22N4S/c1-4-12-29-23(9-1)19-37-39(32-15-7-8-16-33(32)41(29)37)24-17-18-34-27(20-24)28-21-36(38-22-35(28)42-34)40-30-13-5-2-10-25(30)26-11-3-6-14-31(26)40/h1-22H. The van der Waals surface area contributed by atoms with Gasteiger partial charge in [0.15, 0.2) is 0 Å². The lowest BCUT2D eigenvalue weighted by atomic mass is 10.1. The van der Waals surface area contributed by atoms with E-state index in [9.17, 15) is 0 Å². The molecule has 0 saturated carbocycles. The van der Waals surface area contributed by atoms with Gasteiger partial charge in [-0.15, -0.1) is 11.3 Å². The summed E-state index contributed by atoms with van der Waals surface area (Å²) in [6.07, 6.45) is 2.04. The third-order valence-corrected chi connectivity index (χ3v) is 9.80. The molecule has 0 N–H and O–H groups in total. The Hall–Kier alpha value is -5.39. The Balaban J connectivity index is 1.25. The fraction of sp³-hybridized carbons (Fsp3) is 0. The smallest absolute Gasteiger partial charge is 0.138 e. The molecule has 10 aromatic rings. The Morgan fingerprint density at radius 1 is 0.476 bits per heavy atom. The monoisotopic (exact) mass is 554 g/mol. The Bertz CT molecular complexity index is 2650. The Morgan fingerprint density at radius 3 is 1.90 bits per heavy atom. The first-order chi connectivity index (χ1) is 20.8. The molecule has 0 amide bonds. The van der Waals surface area contributed by atoms with Gasteiger partial charge in [0.1, 0.15) is 11.5 Å². The summed E-state index contributed by atoms with van der Waals surface area (Å²) in [7, 11) is 0. The van der Waals surface area contributed by atoms with Crippen molar-refractivity contribution in [1.82, 2.24) is 18.5 Å². The zero-order valence-corrected chi connectivity index (χ0v) is 23.2. The van der Waals surface area contributed by atoms with Crippen molar-refractivity contribution in [3.05, 3.63) is 134 Å². The largest absolute Gasteiger partial charge is 0.294 e. The maximum Gasteiger partial charge on any atom is 0.138 e. The summed E-state index contributed by atoms with van der Waals surface area (Å²) in [5.41, 5.74) is 8.31. The third kappa shape index (κ3) is 2.88. The van der Waals surface area contributed by atoms with Crippen molar-refractivity contribution < 1.29 is 0 Å². The molecule has 196 valence electrons. The van der Waals surface area contributed by atoms with Gasteiger partial charge >= 0.3 is 0 Å². The van der Waals surface area contributed by atoms with E-state index in [0.29, 0.717) is 0 Å². The van der Waals surface area contributed by atoms with E-state index in [0.717, 1.165) is 11.5 Å². The Labute approximate surface area is 243 Å². The molecule has 10 rings (SSSR count). The van der Waals surface area contributed by atoms with Crippen LogP contribution in [0.4, 0.5) is 0 Å². The lowest BCUT2D eigenvalue weighted by Gasteiger charge is -2.08. The van der Waals surface area contributed by atoms with Crippen molar-refractivity contribution >= 4 is 80.9 Å². The average Bonchev–Trinajstić information content (AvgIpc) is 3.77. The van der Waals surface area contributed by atoms with Crippen LogP contribution in [-0.4, -0.2) is 18.5 Å². The van der Waals surface area contributed by atoms with Gasteiger partial charge in [-0.2, -0.15) is 0 Å². The van der Waals surface area contributed by atoms with Crippen LogP contribution >= 0.6 is 11.3 Å². The predicted octanol–water partition coefficient (Wildman–Crippen LogP) is 9.90. The fourth-order valence-corrected chi connectivity index (χ4v) is 7.92. The molecule has 0 aliphatic rings. The molecule has 4 nitrogen and oxygen atoms in total. The minimum atomic E-state index is 0.941. The van der Waals surface area contributed by atoms with Gasteiger partial charge in [0.25, 0.3) is 0 Å². The van der Waals surface area contributed by atoms with E-state index in [-0.39, 0.29) is 0 Å². The predicted molar refractivity (Wildman–Crippen MR) is 177 cm³/mol. The summed E-state index contributed by atoms with van der Waals surface area (Å²) in [6, 6.07) is 46.0. The van der Waals surface area contributed by atoms with Gasteiger partial charge in [-0.3, -0.25) is 13.5 Å². The highest BCUT2D eigenvalue weighted by atomic mass is 32.1. The van der Waals surface area contributed by atoms with E-state index in [1.54, 1.807) is 11.3 Å². The summed E-state index contributed by atoms with van der Waals surface area (Å²) in [5, 5.41) is 6.22. The molecule has 0 spiro atoms. The number of aromatic nitrogens is 4. The molecule has 0 atom stereocenters. The number of nitrogens with zero attached hydrogens (tertiary/aromatic N) is 4. The molecule has 0 radical (unpaired) electrons. The summed E-state index contributed by atoms with van der Waals surface area (Å²) in [4.78, 5) is 4.99. The normalized spacial score (nSPS) is 12.3. The molecule has 0 bridgehead atoms. The molecule has 5 heterocycles. The second-order valence-electron chi connectivity index (χ2n) is 10.9. The van der Waals surface area contributed by atoms with Crippen LogP contribution in [0.1, 0.15) is 0 Å². The maximum atomic E-state index is 4.99. The van der Waals surface area contributed by atoms with Crippen LogP contribution in [0.2, 0.25) is 0 Å². The van der Waals surface area contributed by atoms with Gasteiger partial charge in [-0.05, 0) is 60.7 Å². The minimum absolute atomic E-state index is 0.941. The van der Waals surface area contributed by atoms with Crippen LogP contribution in [0.3, 0.4) is 0 Å². The summed E-state index contributed by atoms with van der Waals surface area (Å²) in [5.74, 6) is 0.941. The van der Waals surface area contributed by atoms with Crippen LogP contribution in [-0.2, 0) is 0 Å². The number of rotatable bonds is 2. The van der Waals surface area contributed by atoms with Gasteiger partial charge in [0.2, 0.25) is 0 Å². The maximum absolute atomic E-state index is 4.99. The molecule has 5 aromatic heterocycles. The lowest BCUT2D eigenvalue weighted by molar-refractivity contribution is 1.09. The number of para-hydroxylation sites is 5. The number of benzene rings is 5. The van der Waals surface area contributed by atoms with Crippen LogP contribution < -0.4 is 0 Å². The highest BCUT2D eigenvalue weighted by molar-refractivity contribution is 7.25. The molecular weight excluding hydrogens is 533 g/mol. The molecular formula is C37H22N4S. The molecule has 5 aromatic carbocycles. The van der Waals surface area contributed by atoms with E-state index in [1.807, 2.05) is 6.20 Å². The SMILES string of the molecule is c1ccc2c(c1)cc1n(-c3ccc4sc5cnc(-n6c7ccccc7c7ccccc76)cc5c4c3)c3ccccc3n21. The van der Waals surface area contributed by atoms with Crippen molar-refractivity contribution in [2.75, 3.05) is 0 Å². The third-order valence-electron chi connectivity index (χ3n) is 8.68. The van der Waals surface area contributed by atoms with Crippen molar-refractivity contribution in [2.24, 2.45) is 0 Å². The fourth-order valence-electron chi connectivity index (χ4n) is 6.89. The zero-order valence-electron chi connectivity index (χ0n) is 22.4. The molecule has 0 aliphatic heterocycles. The van der Waals surface area contributed by atoms with Crippen LogP contribution in [0, 0.1) is 0 Å². The molecule has 42 heavy (non-hydrogen) atoms. The molecule has 0 aliphatic carbocycles. The van der Waals surface area contributed by atoms with E-state index in [2.05, 4.69) is 141 Å². The Morgan fingerprint density at radius 2 is 1.12 bits per heavy atom. The minimum Gasteiger partial charge on any atom is -0.294 e. The topological polar surface area (TPSA) is 27.2 Å². The van der Waals surface area contributed by atoms with Gasteiger partial charge in [0.05, 0.1) is 32.3 Å². The van der Waals surface area contributed by atoms with Crippen LogP contribution in [0.5, 0.6) is 0 Å². The Kier molecular flexibility index (Phi) is 4.30. The first-order valence-corrected chi connectivity index (χ1v) is 15.0. The number of pyridine rings is 1. The average molecular weight is 555 g/mol. The second-order valence-corrected chi connectivity index (χ2v) is 12.0. The van der Waals surface area contributed by atoms with E-state index in [1.165, 1.54) is 69.6 Å². The summed E-state index contributed by atoms with van der Waals surface area (Å²) >= 11 is 1.81.